The van der Waals surface area contributed by atoms with E-state index < -0.39 is 0 Å². The number of hydrogen-bond acceptors (Lipinski definition) is 5. The average Bonchev–Trinajstić information content (AvgIpc) is 3.08. The van der Waals surface area contributed by atoms with E-state index in [1.54, 1.807) is 16.9 Å². The number of aromatic nitrogens is 4. The minimum Gasteiger partial charge on any atom is -0.508 e. The zero-order valence-electron chi connectivity index (χ0n) is 14.2. The molecule has 7 nitrogen and oxygen atoms in total. The number of fused-ring (bicyclic) bond motifs is 1. The minimum absolute atomic E-state index is 0.0525. The molecule has 0 saturated carbocycles. The SMILES string of the molecule is CCn1cc(C(=O)n2nc(N)c3ccc(O)cc32)c(C(C)(C)C)n1. The van der Waals surface area contributed by atoms with Crippen LogP contribution in [-0.2, 0) is 12.0 Å². The van der Waals surface area contributed by atoms with Crippen LogP contribution in [0.25, 0.3) is 10.9 Å². The molecule has 1 aromatic carbocycles. The van der Waals surface area contributed by atoms with Gasteiger partial charge < -0.3 is 10.8 Å². The van der Waals surface area contributed by atoms with Crippen LogP contribution in [0, 0.1) is 0 Å². The Bertz CT molecular complexity index is 930. The van der Waals surface area contributed by atoms with Crippen molar-refractivity contribution < 1.29 is 9.90 Å². The van der Waals surface area contributed by atoms with Gasteiger partial charge >= 0.3 is 0 Å². The summed E-state index contributed by atoms with van der Waals surface area (Å²) < 4.78 is 2.97. The number of nitrogen functional groups attached to an aromatic ring is 1. The van der Waals surface area contributed by atoms with Crippen LogP contribution in [0.3, 0.4) is 0 Å². The number of phenolic OH excluding ortho intramolecular Hbond substituents is 1. The highest BCUT2D eigenvalue weighted by molar-refractivity contribution is 6.04. The van der Waals surface area contributed by atoms with Crippen LogP contribution in [0.2, 0.25) is 0 Å². The lowest BCUT2D eigenvalue weighted by molar-refractivity contribution is 0.0948. The number of nitrogens with zero attached hydrogens (tertiary/aromatic N) is 4. The molecule has 0 aliphatic heterocycles. The van der Waals surface area contributed by atoms with Gasteiger partial charge in [0.05, 0.1) is 16.8 Å². The number of rotatable bonds is 2. The molecule has 2 aromatic heterocycles. The molecule has 2 heterocycles. The van der Waals surface area contributed by atoms with Gasteiger partial charge in [0.2, 0.25) is 0 Å². The Morgan fingerprint density at radius 3 is 2.62 bits per heavy atom. The molecule has 0 unspecified atom stereocenters. The third-order valence-electron chi connectivity index (χ3n) is 3.91. The maximum Gasteiger partial charge on any atom is 0.282 e. The number of benzene rings is 1. The zero-order valence-corrected chi connectivity index (χ0v) is 14.2. The second-order valence-corrected chi connectivity index (χ2v) is 6.80. The molecule has 3 N–H and O–H groups in total. The molecule has 7 heteroatoms. The van der Waals surface area contributed by atoms with E-state index in [1.807, 2.05) is 27.7 Å². The highest BCUT2D eigenvalue weighted by Crippen LogP contribution is 2.28. The standard InChI is InChI=1S/C17H21N5O2/c1-5-21-9-12(14(19-21)17(2,3)4)16(24)22-13-8-10(23)6-7-11(13)15(18)20-22/h6-9,23H,5H2,1-4H3,(H2,18,20). The molecule has 3 aromatic rings. The molecular weight excluding hydrogens is 306 g/mol. The Kier molecular flexibility index (Phi) is 3.59. The lowest BCUT2D eigenvalue weighted by atomic mass is 9.89. The maximum absolute atomic E-state index is 13.1. The summed E-state index contributed by atoms with van der Waals surface area (Å²) >= 11 is 0. The predicted molar refractivity (Wildman–Crippen MR) is 92.1 cm³/mol. The van der Waals surface area contributed by atoms with Gasteiger partial charge in [-0.1, -0.05) is 20.8 Å². The van der Waals surface area contributed by atoms with Crippen LogP contribution in [0.1, 0.15) is 43.7 Å². The first-order valence-corrected chi connectivity index (χ1v) is 7.82. The number of phenols is 1. The van der Waals surface area contributed by atoms with Crippen LogP contribution in [0.4, 0.5) is 5.82 Å². The van der Waals surface area contributed by atoms with E-state index in [0.717, 1.165) is 0 Å². The number of carbonyl (C=O) groups is 1. The molecule has 0 aliphatic carbocycles. The second kappa shape index (κ2) is 5.36. The van der Waals surface area contributed by atoms with Crippen LogP contribution < -0.4 is 5.73 Å². The summed E-state index contributed by atoms with van der Waals surface area (Å²) in [6, 6.07) is 4.65. The summed E-state index contributed by atoms with van der Waals surface area (Å²) in [5, 5.41) is 19.0. The number of nitrogens with two attached hydrogens (primary N) is 1. The van der Waals surface area contributed by atoms with Crippen molar-refractivity contribution in [1.82, 2.24) is 19.6 Å². The first-order chi connectivity index (χ1) is 11.2. The minimum atomic E-state index is -0.313. The van der Waals surface area contributed by atoms with Gasteiger partial charge in [-0.3, -0.25) is 9.48 Å². The van der Waals surface area contributed by atoms with Crippen molar-refractivity contribution in [2.75, 3.05) is 5.73 Å². The van der Waals surface area contributed by atoms with Gasteiger partial charge in [0.1, 0.15) is 5.75 Å². The fourth-order valence-corrected chi connectivity index (χ4v) is 2.69. The maximum atomic E-state index is 13.1. The Morgan fingerprint density at radius 2 is 2.00 bits per heavy atom. The number of aromatic hydroxyl groups is 1. The molecule has 0 fully saturated rings. The summed E-state index contributed by atoms with van der Waals surface area (Å²) in [6.45, 7) is 8.65. The molecule has 126 valence electrons. The first-order valence-electron chi connectivity index (χ1n) is 7.82. The Morgan fingerprint density at radius 1 is 1.29 bits per heavy atom. The lowest BCUT2D eigenvalue weighted by Crippen LogP contribution is -2.21. The van der Waals surface area contributed by atoms with Gasteiger partial charge in [-0.25, -0.2) is 0 Å². The van der Waals surface area contributed by atoms with Crippen molar-refractivity contribution in [2.45, 2.75) is 39.7 Å². The van der Waals surface area contributed by atoms with Crippen molar-refractivity contribution in [3.8, 4) is 5.75 Å². The third-order valence-corrected chi connectivity index (χ3v) is 3.91. The van der Waals surface area contributed by atoms with Crippen LogP contribution in [-0.4, -0.2) is 30.6 Å². The van der Waals surface area contributed by atoms with E-state index in [-0.39, 0.29) is 22.9 Å². The lowest BCUT2D eigenvalue weighted by Gasteiger charge is -2.17. The molecule has 0 saturated heterocycles. The highest BCUT2D eigenvalue weighted by atomic mass is 16.3. The number of carbonyl (C=O) groups excluding carboxylic acids is 1. The smallest absolute Gasteiger partial charge is 0.282 e. The number of anilines is 1. The zero-order chi connectivity index (χ0) is 17.6. The number of hydrogen-bond donors (Lipinski definition) is 2. The molecule has 0 atom stereocenters. The van der Waals surface area contributed by atoms with Crippen LogP contribution in [0.5, 0.6) is 5.75 Å². The molecule has 3 rings (SSSR count). The monoisotopic (exact) mass is 327 g/mol. The normalized spacial score (nSPS) is 12.0. The summed E-state index contributed by atoms with van der Waals surface area (Å²) in [7, 11) is 0. The van der Waals surface area contributed by atoms with E-state index in [4.69, 9.17) is 5.73 Å². The Hall–Kier alpha value is -2.83. The van der Waals surface area contributed by atoms with Crippen molar-refractivity contribution in [3.05, 3.63) is 35.7 Å². The fourth-order valence-electron chi connectivity index (χ4n) is 2.69. The van der Waals surface area contributed by atoms with Crippen molar-refractivity contribution in [3.63, 3.8) is 0 Å². The van der Waals surface area contributed by atoms with E-state index in [9.17, 15) is 9.90 Å². The molecular formula is C17H21N5O2. The molecule has 0 bridgehead atoms. The molecule has 0 aliphatic rings. The van der Waals surface area contributed by atoms with Gasteiger partial charge in [0.15, 0.2) is 5.82 Å². The molecule has 0 spiro atoms. The topological polar surface area (TPSA) is 99.0 Å². The van der Waals surface area contributed by atoms with Crippen LogP contribution >= 0.6 is 0 Å². The second-order valence-electron chi connectivity index (χ2n) is 6.80. The van der Waals surface area contributed by atoms with Gasteiger partial charge in [0.25, 0.3) is 5.91 Å². The van der Waals surface area contributed by atoms with E-state index in [0.29, 0.717) is 28.7 Å². The number of aryl methyl sites for hydroxylation is 1. The van der Waals surface area contributed by atoms with Gasteiger partial charge in [-0.05, 0) is 19.1 Å². The van der Waals surface area contributed by atoms with Crippen molar-refractivity contribution in [1.29, 1.82) is 0 Å². The van der Waals surface area contributed by atoms with Crippen LogP contribution in [0.15, 0.2) is 24.4 Å². The van der Waals surface area contributed by atoms with Gasteiger partial charge in [0, 0.05) is 29.6 Å². The average molecular weight is 327 g/mol. The van der Waals surface area contributed by atoms with Crippen molar-refractivity contribution >= 4 is 22.6 Å². The predicted octanol–water partition coefficient (Wildman–Crippen LogP) is 2.53. The van der Waals surface area contributed by atoms with E-state index in [1.165, 1.54) is 16.8 Å². The molecule has 24 heavy (non-hydrogen) atoms. The third kappa shape index (κ3) is 2.51. The Labute approximate surface area is 139 Å². The van der Waals surface area contributed by atoms with E-state index in [2.05, 4.69) is 10.2 Å². The Balaban J connectivity index is 2.20. The summed E-state index contributed by atoms with van der Waals surface area (Å²) in [4.78, 5) is 13.1. The van der Waals surface area contributed by atoms with Gasteiger partial charge in [-0.2, -0.15) is 9.78 Å². The quantitative estimate of drug-likeness (QED) is 0.753. The first kappa shape index (κ1) is 16.0. The van der Waals surface area contributed by atoms with Gasteiger partial charge in [-0.15, -0.1) is 5.10 Å². The summed E-state index contributed by atoms with van der Waals surface area (Å²) in [5.74, 6) is -0.0118. The highest BCUT2D eigenvalue weighted by Gasteiger charge is 2.28. The molecule has 0 amide bonds. The summed E-state index contributed by atoms with van der Waals surface area (Å²) in [5.41, 5.74) is 7.28. The molecule has 0 radical (unpaired) electrons. The summed E-state index contributed by atoms with van der Waals surface area (Å²) in [6.07, 6.45) is 1.73. The fraction of sp³-hybridized carbons (Fsp3) is 0.353. The van der Waals surface area contributed by atoms with E-state index >= 15 is 0 Å². The largest absolute Gasteiger partial charge is 0.508 e. The van der Waals surface area contributed by atoms with Crippen molar-refractivity contribution in [2.24, 2.45) is 0 Å².